The Morgan fingerprint density at radius 2 is 1.71 bits per heavy atom. The van der Waals surface area contributed by atoms with Crippen molar-refractivity contribution in [2.75, 3.05) is 11.1 Å². The predicted octanol–water partition coefficient (Wildman–Crippen LogP) is 4.09. The van der Waals surface area contributed by atoms with Crippen LogP contribution in [0.25, 0.3) is 11.3 Å². The maximum absolute atomic E-state index is 12.0. The normalized spacial score (nSPS) is 12.0. The van der Waals surface area contributed by atoms with E-state index in [0.717, 1.165) is 0 Å². The van der Waals surface area contributed by atoms with Crippen LogP contribution in [0, 0.1) is 0 Å². The van der Waals surface area contributed by atoms with Gasteiger partial charge in [0, 0.05) is 24.1 Å². The van der Waals surface area contributed by atoms with E-state index in [0.29, 0.717) is 22.6 Å². The Kier molecular flexibility index (Phi) is 7.92. The third kappa shape index (κ3) is 7.94. The van der Waals surface area contributed by atoms with Gasteiger partial charge in [-0.05, 0) is 26.3 Å². The number of rotatable bonds is 7. The number of halogens is 2. The molecule has 0 aliphatic rings. The Morgan fingerprint density at radius 3 is 2.31 bits per heavy atom. The van der Waals surface area contributed by atoms with Crippen LogP contribution in [0.5, 0.6) is 0 Å². The van der Waals surface area contributed by atoms with Crippen LogP contribution >= 0.6 is 23.2 Å². The number of carbonyl (C=O) groups excluding carboxylic acids is 1. The fraction of sp³-hybridized carbons (Fsp3) is 0.273. The van der Waals surface area contributed by atoms with Gasteiger partial charge in [-0.15, -0.1) is 0 Å². The largest absolute Gasteiger partial charge is 0.480 e. The number of alkyl carbamates (subject to hydrolysis) is 1. The highest BCUT2D eigenvalue weighted by molar-refractivity contribution is 6.30. The predicted molar refractivity (Wildman–Crippen MR) is 132 cm³/mol. The van der Waals surface area contributed by atoms with Gasteiger partial charge in [0.1, 0.15) is 27.8 Å². The molecule has 0 aliphatic carbocycles. The Morgan fingerprint density at radius 1 is 1.06 bits per heavy atom. The lowest BCUT2D eigenvalue weighted by Gasteiger charge is -2.22. The van der Waals surface area contributed by atoms with E-state index in [1.165, 1.54) is 6.07 Å². The first-order chi connectivity index (χ1) is 16.4. The van der Waals surface area contributed by atoms with Crippen molar-refractivity contribution in [2.24, 2.45) is 0 Å². The summed E-state index contributed by atoms with van der Waals surface area (Å²) in [6.45, 7) is 5.08. The van der Waals surface area contributed by atoms with Crippen molar-refractivity contribution in [3.05, 3.63) is 52.3 Å². The van der Waals surface area contributed by atoms with Crippen molar-refractivity contribution in [1.29, 1.82) is 0 Å². The van der Waals surface area contributed by atoms with E-state index < -0.39 is 23.7 Å². The number of carboxylic acids is 1. The van der Waals surface area contributed by atoms with Gasteiger partial charge in [-0.2, -0.15) is 4.98 Å². The molecule has 1 atom stereocenters. The molecule has 0 radical (unpaired) electrons. The number of benzene rings is 1. The molecule has 1 aromatic carbocycles. The van der Waals surface area contributed by atoms with Crippen LogP contribution in [0.1, 0.15) is 26.3 Å². The second kappa shape index (κ2) is 10.7. The SMILES string of the molecule is CC(C)(C)OC(=O)N[C@H](Cc1ccc(-c2cc(Cl)nc(Nc3cc(Cl)nc(N)n3)n2)cc1)C(=O)O. The van der Waals surface area contributed by atoms with E-state index in [4.69, 9.17) is 33.7 Å². The number of carboxylic acid groups (broad SMARTS) is 1. The number of nitrogens with zero attached hydrogens (tertiary/aromatic N) is 4. The highest BCUT2D eigenvalue weighted by Crippen LogP contribution is 2.24. The van der Waals surface area contributed by atoms with Crippen LogP contribution in [0.4, 0.5) is 22.5 Å². The first kappa shape index (κ1) is 25.9. The second-order valence-electron chi connectivity index (χ2n) is 8.40. The van der Waals surface area contributed by atoms with E-state index in [9.17, 15) is 14.7 Å². The van der Waals surface area contributed by atoms with Crippen molar-refractivity contribution in [3.8, 4) is 11.3 Å². The lowest BCUT2D eigenvalue weighted by atomic mass is 10.0. The maximum Gasteiger partial charge on any atom is 0.408 e. The Bertz CT molecular complexity index is 1210. The average molecular weight is 520 g/mol. The summed E-state index contributed by atoms with van der Waals surface area (Å²) in [7, 11) is 0. The molecule has 5 N–H and O–H groups in total. The number of carbonyl (C=O) groups is 2. The molecular weight excluding hydrogens is 497 g/mol. The number of nitrogens with one attached hydrogen (secondary N) is 2. The third-order valence-electron chi connectivity index (χ3n) is 4.33. The van der Waals surface area contributed by atoms with Crippen molar-refractivity contribution >= 4 is 53.0 Å². The first-order valence-corrected chi connectivity index (χ1v) is 11.1. The van der Waals surface area contributed by atoms with E-state index in [2.05, 4.69) is 30.6 Å². The van der Waals surface area contributed by atoms with Crippen LogP contribution < -0.4 is 16.4 Å². The van der Waals surface area contributed by atoms with Gasteiger partial charge >= 0.3 is 12.1 Å². The molecule has 0 unspecified atom stereocenters. The van der Waals surface area contributed by atoms with Gasteiger partial charge in [0.05, 0.1) is 5.69 Å². The maximum atomic E-state index is 12.0. The molecule has 0 bridgehead atoms. The zero-order valence-corrected chi connectivity index (χ0v) is 20.6. The van der Waals surface area contributed by atoms with Crippen molar-refractivity contribution in [3.63, 3.8) is 0 Å². The van der Waals surface area contributed by atoms with Crippen molar-refractivity contribution in [2.45, 2.75) is 38.8 Å². The van der Waals surface area contributed by atoms with Crippen LogP contribution in [0.3, 0.4) is 0 Å². The zero-order valence-electron chi connectivity index (χ0n) is 19.0. The molecule has 11 nitrogen and oxygen atoms in total. The number of hydrogen-bond donors (Lipinski definition) is 4. The fourth-order valence-corrected chi connectivity index (χ4v) is 3.31. The molecule has 0 saturated heterocycles. The molecule has 0 saturated carbocycles. The quantitative estimate of drug-likeness (QED) is 0.334. The molecule has 35 heavy (non-hydrogen) atoms. The zero-order chi connectivity index (χ0) is 25.8. The summed E-state index contributed by atoms with van der Waals surface area (Å²) in [4.78, 5) is 40.0. The number of aromatic nitrogens is 4. The van der Waals surface area contributed by atoms with Gasteiger partial charge in [0.2, 0.25) is 11.9 Å². The van der Waals surface area contributed by atoms with E-state index >= 15 is 0 Å². The molecule has 0 aliphatic heterocycles. The molecule has 0 spiro atoms. The number of aliphatic carboxylic acids is 1. The summed E-state index contributed by atoms with van der Waals surface area (Å²) in [5.74, 6) is -0.733. The molecular formula is C22H23Cl2N7O4. The number of nitrogen functional groups attached to an aromatic ring is 1. The number of ether oxygens (including phenoxy) is 1. The second-order valence-corrected chi connectivity index (χ2v) is 9.17. The highest BCUT2D eigenvalue weighted by Gasteiger charge is 2.24. The molecule has 2 heterocycles. The van der Waals surface area contributed by atoms with E-state index in [-0.39, 0.29) is 28.6 Å². The number of nitrogens with two attached hydrogens (primary N) is 1. The van der Waals surface area contributed by atoms with Gasteiger partial charge in [-0.1, -0.05) is 47.5 Å². The number of amides is 1. The van der Waals surface area contributed by atoms with Crippen LogP contribution in [0.2, 0.25) is 10.3 Å². The summed E-state index contributed by atoms with van der Waals surface area (Å²) >= 11 is 12.1. The minimum atomic E-state index is -1.18. The minimum absolute atomic E-state index is 0.0151. The van der Waals surface area contributed by atoms with Gasteiger partial charge in [0.25, 0.3) is 0 Å². The van der Waals surface area contributed by atoms with Gasteiger partial charge in [-0.3, -0.25) is 0 Å². The lowest BCUT2D eigenvalue weighted by molar-refractivity contribution is -0.139. The Labute approximate surface area is 211 Å². The molecule has 13 heteroatoms. The van der Waals surface area contributed by atoms with Gasteiger partial charge in [0.15, 0.2) is 0 Å². The average Bonchev–Trinajstić information content (AvgIpc) is 2.71. The van der Waals surface area contributed by atoms with Crippen molar-refractivity contribution in [1.82, 2.24) is 25.3 Å². The smallest absolute Gasteiger partial charge is 0.408 e. The molecule has 184 valence electrons. The fourth-order valence-electron chi connectivity index (χ4n) is 2.93. The number of hydrogen-bond acceptors (Lipinski definition) is 9. The lowest BCUT2D eigenvalue weighted by Crippen LogP contribution is -2.44. The Hall–Kier alpha value is -3.70. The van der Waals surface area contributed by atoms with E-state index in [1.807, 2.05) is 0 Å². The summed E-state index contributed by atoms with van der Waals surface area (Å²) in [6.07, 6.45) is -0.744. The summed E-state index contributed by atoms with van der Waals surface area (Å²) < 4.78 is 5.14. The van der Waals surface area contributed by atoms with Crippen LogP contribution in [0.15, 0.2) is 36.4 Å². The van der Waals surface area contributed by atoms with E-state index in [1.54, 1.807) is 51.1 Å². The molecule has 3 rings (SSSR count). The van der Waals surface area contributed by atoms with Crippen LogP contribution in [-0.2, 0) is 16.0 Å². The third-order valence-corrected chi connectivity index (χ3v) is 4.71. The molecule has 1 amide bonds. The first-order valence-electron chi connectivity index (χ1n) is 10.3. The monoisotopic (exact) mass is 519 g/mol. The van der Waals surface area contributed by atoms with Gasteiger partial charge < -0.3 is 26.2 Å². The standard InChI is InChI=1S/C22H23Cl2N7O4/c1-22(2,3)35-21(34)27-14(18(32)33)8-11-4-6-12(7-5-11)13-9-15(23)29-20(26-13)31-17-10-16(24)28-19(25)30-17/h4-7,9-10,14H,8H2,1-3H3,(H,27,34)(H,32,33)(H3,25,26,28,29,30,31)/t14-/m1/s1. The van der Waals surface area contributed by atoms with Crippen molar-refractivity contribution < 1.29 is 19.4 Å². The molecule has 3 aromatic rings. The van der Waals surface area contributed by atoms with Gasteiger partial charge in [-0.25, -0.2) is 24.5 Å². The highest BCUT2D eigenvalue weighted by atomic mass is 35.5. The summed E-state index contributed by atoms with van der Waals surface area (Å²) in [6, 6.07) is 8.85. The molecule has 0 fully saturated rings. The molecule has 2 aromatic heterocycles. The minimum Gasteiger partial charge on any atom is -0.480 e. The van der Waals surface area contributed by atoms with Crippen LogP contribution in [-0.4, -0.2) is 48.7 Å². The Balaban J connectivity index is 1.75. The number of anilines is 3. The summed E-state index contributed by atoms with van der Waals surface area (Å²) in [5.41, 5.74) is 6.75. The topological polar surface area (TPSA) is 165 Å². The summed E-state index contributed by atoms with van der Waals surface area (Å²) in [5, 5.41) is 15.1.